The van der Waals surface area contributed by atoms with Gasteiger partial charge < -0.3 is 10.6 Å². The van der Waals surface area contributed by atoms with Crippen molar-refractivity contribution in [1.29, 1.82) is 0 Å². The third-order valence-electron chi connectivity index (χ3n) is 7.00. The first-order valence-corrected chi connectivity index (χ1v) is 12.6. The molecular formula is C27H30N6O4. The van der Waals surface area contributed by atoms with E-state index in [-0.39, 0.29) is 46.6 Å². The third-order valence-corrected chi connectivity index (χ3v) is 7.00. The van der Waals surface area contributed by atoms with Gasteiger partial charge in [0.25, 0.3) is 11.5 Å². The number of hydrogen-bond acceptors (Lipinski definition) is 5. The number of aryl methyl sites for hydroxylation is 2. The van der Waals surface area contributed by atoms with Crippen molar-refractivity contribution in [2.45, 2.75) is 58.2 Å². The van der Waals surface area contributed by atoms with Crippen molar-refractivity contribution < 1.29 is 9.59 Å². The molecule has 1 saturated carbocycles. The van der Waals surface area contributed by atoms with E-state index in [0.29, 0.717) is 12.1 Å². The first kappa shape index (κ1) is 24.5. The molecule has 1 aliphatic carbocycles. The summed E-state index contributed by atoms with van der Waals surface area (Å²) < 4.78 is 3.58. The van der Waals surface area contributed by atoms with Crippen LogP contribution in [-0.2, 0) is 24.9 Å². The highest BCUT2D eigenvalue weighted by Crippen LogP contribution is 2.19. The molecule has 2 N–H and O–H groups in total. The molecule has 0 spiro atoms. The lowest BCUT2D eigenvalue weighted by Crippen LogP contribution is -2.36. The monoisotopic (exact) mass is 502 g/mol. The number of carbonyl (C=O) groups is 2. The maximum absolute atomic E-state index is 13.3. The van der Waals surface area contributed by atoms with E-state index in [0.717, 1.165) is 41.5 Å². The van der Waals surface area contributed by atoms with E-state index in [4.69, 9.17) is 0 Å². The van der Waals surface area contributed by atoms with Crippen LogP contribution in [0.5, 0.6) is 0 Å². The van der Waals surface area contributed by atoms with Crippen molar-refractivity contribution in [1.82, 2.24) is 29.4 Å². The summed E-state index contributed by atoms with van der Waals surface area (Å²) in [5.41, 5.74) is 1.80. The fourth-order valence-electron chi connectivity index (χ4n) is 4.85. The van der Waals surface area contributed by atoms with Crippen molar-refractivity contribution in [3.63, 3.8) is 0 Å². The number of fused-ring (bicyclic) bond motifs is 3. The van der Waals surface area contributed by atoms with Crippen LogP contribution in [0.4, 0.5) is 0 Å². The van der Waals surface area contributed by atoms with Crippen molar-refractivity contribution in [3.05, 3.63) is 80.0 Å². The zero-order chi connectivity index (χ0) is 26.1. The average Bonchev–Trinajstić information content (AvgIpc) is 3.23. The van der Waals surface area contributed by atoms with Gasteiger partial charge in [-0.1, -0.05) is 49.1 Å². The highest BCUT2D eigenvalue weighted by Gasteiger charge is 2.20. The molecule has 192 valence electrons. The maximum Gasteiger partial charge on any atom is 0.352 e. The molecule has 0 radical (unpaired) electrons. The molecule has 2 amide bonds. The molecule has 5 rings (SSSR count). The Morgan fingerprint density at radius 3 is 2.49 bits per heavy atom. The van der Waals surface area contributed by atoms with Gasteiger partial charge in [0.1, 0.15) is 6.54 Å². The number of nitrogens with zero attached hydrogens (tertiary/aromatic N) is 4. The number of hydrogen-bond donors (Lipinski definition) is 2. The number of carbonyl (C=O) groups excluding carboxylic acids is 2. The van der Waals surface area contributed by atoms with E-state index < -0.39 is 5.69 Å². The topological polar surface area (TPSA) is 120 Å². The molecule has 2 heterocycles. The lowest BCUT2D eigenvalue weighted by Gasteiger charge is -2.22. The van der Waals surface area contributed by atoms with Crippen LogP contribution < -0.4 is 21.9 Å². The molecule has 2 aromatic heterocycles. The van der Waals surface area contributed by atoms with E-state index in [2.05, 4.69) is 15.7 Å². The average molecular weight is 503 g/mol. The van der Waals surface area contributed by atoms with Gasteiger partial charge >= 0.3 is 5.69 Å². The summed E-state index contributed by atoms with van der Waals surface area (Å²) in [6.45, 7) is 2.01. The van der Waals surface area contributed by atoms with Crippen molar-refractivity contribution in [3.8, 4) is 0 Å². The Bertz CT molecular complexity index is 1610. The highest BCUT2D eigenvalue weighted by atomic mass is 16.2. The van der Waals surface area contributed by atoms with Gasteiger partial charge in [0.15, 0.2) is 0 Å². The van der Waals surface area contributed by atoms with E-state index in [9.17, 15) is 19.2 Å². The first-order valence-electron chi connectivity index (χ1n) is 12.6. The zero-order valence-corrected chi connectivity index (χ0v) is 21.0. The maximum atomic E-state index is 13.3. The van der Waals surface area contributed by atoms with Gasteiger partial charge in [0.2, 0.25) is 11.7 Å². The van der Waals surface area contributed by atoms with Crippen LogP contribution in [0.2, 0.25) is 0 Å². The molecular weight excluding hydrogens is 472 g/mol. The predicted molar refractivity (Wildman–Crippen MR) is 140 cm³/mol. The van der Waals surface area contributed by atoms with Gasteiger partial charge in [-0.2, -0.15) is 0 Å². The standard InChI is InChI=1S/C27H30N6O4/c1-17-8-10-18(11-9-17)15-28-23(34)16-32-27(37)33-22-14-19(24(35)29-20-6-4-3-5-7-20)12-13-21(22)25(36)31(2)26(33)30-32/h8-14,20H,3-7,15-16H2,1-2H3,(H,28,34)(H,29,35). The fourth-order valence-corrected chi connectivity index (χ4v) is 4.85. The summed E-state index contributed by atoms with van der Waals surface area (Å²) in [5, 5.41) is 10.4. The second kappa shape index (κ2) is 10.0. The number of amides is 2. The molecule has 10 heteroatoms. The van der Waals surface area contributed by atoms with Gasteiger partial charge in [0, 0.05) is 25.2 Å². The number of nitrogens with one attached hydrogen (secondary N) is 2. The normalized spacial score (nSPS) is 14.2. The van der Waals surface area contributed by atoms with Crippen molar-refractivity contribution in [2.75, 3.05) is 0 Å². The van der Waals surface area contributed by atoms with Gasteiger partial charge in [-0.3, -0.25) is 19.0 Å². The lowest BCUT2D eigenvalue weighted by atomic mass is 9.95. The number of rotatable bonds is 6. The quantitative estimate of drug-likeness (QED) is 0.418. The molecule has 0 bridgehead atoms. The Hall–Kier alpha value is -4.21. The summed E-state index contributed by atoms with van der Waals surface area (Å²) in [5.74, 6) is -0.523. The van der Waals surface area contributed by atoms with E-state index in [1.165, 1.54) is 22.4 Å². The smallest absolute Gasteiger partial charge is 0.350 e. The molecule has 10 nitrogen and oxygen atoms in total. The largest absolute Gasteiger partial charge is 0.352 e. The molecule has 0 saturated heterocycles. The summed E-state index contributed by atoms with van der Waals surface area (Å²) in [4.78, 5) is 51.8. The Morgan fingerprint density at radius 1 is 1.03 bits per heavy atom. The summed E-state index contributed by atoms with van der Waals surface area (Å²) in [6, 6.07) is 12.6. The minimum atomic E-state index is -0.564. The lowest BCUT2D eigenvalue weighted by molar-refractivity contribution is -0.122. The van der Waals surface area contributed by atoms with E-state index in [1.807, 2.05) is 31.2 Å². The Labute approximate surface area is 212 Å². The van der Waals surface area contributed by atoms with Crippen LogP contribution in [0.25, 0.3) is 16.7 Å². The van der Waals surface area contributed by atoms with Crippen LogP contribution in [0.1, 0.15) is 53.6 Å². The van der Waals surface area contributed by atoms with Crippen LogP contribution >= 0.6 is 0 Å². The summed E-state index contributed by atoms with van der Waals surface area (Å²) >= 11 is 0. The minimum Gasteiger partial charge on any atom is -0.350 e. The van der Waals surface area contributed by atoms with Crippen LogP contribution in [0.3, 0.4) is 0 Å². The first-order chi connectivity index (χ1) is 17.8. The van der Waals surface area contributed by atoms with Crippen LogP contribution in [0, 0.1) is 6.92 Å². The Morgan fingerprint density at radius 2 is 1.76 bits per heavy atom. The predicted octanol–water partition coefficient (Wildman–Crippen LogP) is 2.04. The Kier molecular flexibility index (Phi) is 6.64. The molecule has 0 unspecified atom stereocenters. The molecule has 4 aromatic rings. The zero-order valence-electron chi connectivity index (χ0n) is 21.0. The second-order valence-electron chi connectivity index (χ2n) is 9.74. The molecule has 1 fully saturated rings. The number of aromatic nitrogens is 4. The van der Waals surface area contributed by atoms with Gasteiger partial charge in [0.05, 0.1) is 10.9 Å². The second-order valence-corrected chi connectivity index (χ2v) is 9.74. The van der Waals surface area contributed by atoms with Crippen molar-refractivity contribution in [2.24, 2.45) is 7.05 Å². The molecule has 0 aliphatic heterocycles. The van der Waals surface area contributed by atoms with Gasteiger partial charge in [-0.05, 0) is 43.5 Å². The third kappa shape index (κ3) is 4.91. The SMILES string of the molecule is Cc1ccc(CNC(=O)Cn2nc3n(C)c(=O)c4ccc(C(=O)NC5CCCCC5)cc4n3c2=O)cc1. The minimum absolute atomic E-state index is 0.0960. The summed E-state index contributed by atoms with van der Waals surface area (Å²) in [6.07, 6.45) is 5.25. The van der Waals surface area contributed by atoms with E-state index in [1.54, 1.807) is 18.2 Å². The Balaban J connectivity index is 1.45. The highest BCUT2D eigenvalue weighted by molar-refractivity contribution is 5.98. The summed E-state index contributed by atoms with van der Waals surface area (Å²) in [7, 11) is 1.52. The number of benzene rings is 2. The molecule has 37 heavy (non-hydrogen) atoms. The van der Waals surface area contributed by atoms with Gasteiger partial charge in [-0.15, -0.1) is 5.10 Å². The van der Waals surface area contributed by atoms with E-state index >= 15 is 0 Å². The van der Waals surface area contributed by atoms with Crippen LogP contribution in [0.15, 0.2) is 52.1 Å². The molecule has 2 aromatic carbocycles. The van der Waals surface area contributed by atoms with Crippen LogP contribution in [-0.4, -0.2) is 36.6 Å². The fraction of sp³-hybridized carbons (Fsp3) is 0.370. The molecule has 0 atom stereocenters. The van der Waals surface area contributed by atoms with Crippen molar-refractivity contribution >= 4 is 28.5 Å². The van der Waals surface area contributed by atoms with Gasteiger partial charge in [-0.25, -0.2) is 13.9 Å². The molecule has 1 aliphatic rings.